The molecule has 0 radical (unpaired) electrons. The van der Waals surface area contributed by atoms with Gasteiger partial charge in [0.2, 0.25) is 5.79 Å². The number of cyclic esters (lactones) is 1. The van der Waals surface area contributed by atoms with Gasteiger partial charge in [-0.2, -0.15) is 0 Å². The number of methoxy groups -OCH3 is 2. The lowest BCUT2D eigenvalue weighted by Crippen LogP contribution is -2.64. The summed E-state index contributed by atoms with van der Waals surface area (Å²) >= 11 is 0. The van der Waals surface area contributed by atoms with E-state index in [1.165, 1.54) is 19.1 Å². The van der Waals surface area contributed by atoms with Crippen molar-refractivity contribution in [2.75, 3.05) is 34.0 Å². The van der Waals surface area contributed by atoms with Gasteiger partial charge in [-0.15, -0.1) is 6.58 Å². The average molecular weight is 732 g/mol. The third-order valence-corrected chi connectivity index (χ3v) is 11.3. The molecule has 0 aromatic carbocycles. The van der Waals surface area contributed by atoms with Gasteiger partial charge in [-0.1, -0.05) is 30.7 Å². The standard InChI is InChI=1S/C40H61NO11/c1-7-11-29-20-25(2)12-10-14-33(48-5)36-35(49-6)22-27(4)40(47,52-36)37(44)38(45)41-17-9-8-13-31(41)39(46)51-34(24-30(42)23-32(29)43)26(3)21-28-15-18-50-19-16-28/h7,20-21,27-31,33-36,42,47H,1,8-19,22-24H2,2-6H3/b25-20+,26-21+/t27?,29?,30-,31-,33-,34-,35?,36?,40?/m0/s1. The maximum Gasteiger partial charge on any atom is 0.329 e. The first-order valence-electron chi connectivity index (χ1n) is 19.1. The molecule has 0 aromatic rings. The highest BCUT2D eigenvalue weighted by atomic mass is 16.7. The molecule has 0 spiro atoms. The maximum absolute atomic E-state index is 14.1. The Bertz CT molecular complexity index is 1320. The molecule has 4 heterocycles. The highest BCUT2D eigenvalue weighted by molar-refractivity contribution is 6.39. The van der Waals surface area contributed by atoms with E-state index in [2.05, 4.69) is 6.58 Å². The summed E-state index contributed by atoms with van der Waals surface area (Å²) in [6.45, 7) is 10.6. The van der Waals surface area contributed by atoms with E-state index >= 15 is 0 Å². The molecule has 2 N–H and O–H groups in total. The van der Waals surface area contributed by atoms with Gasteiger partial charge in [-0.25, -0.2) is 4.79 Å². The van der Waals surface area contributed by atoms with Crippen LogP contribution < -0.4 is 0 Å². The number of Topliss-reactive ketones (excluding diaryl/α,β-unsaturated/α-hetero) is 2. The first-order chi connectivity index (χ1) is 24.8. The summed E-state index contributed by atoms with van der Waals surface area (Å²) in [5.74, 6) is -6.57. The Kier molecular flexibility index (Phi) is 15.8. The van der Waals surface area contributed by atoms with E-state index in [4.69, 9.17) is 23.7 Å². The predicted octanol–water partition coefficient (Wildman–Crippen LogP) is 4.40. The largest absolute Gasteiger partial charge is 0.456 e. The zero-order valence-corrected chi connectivity index (χ0v) is 31.8. The van der Waals surface area contributed by atoms with Crippen LogP contribution in [0.4, 0.5) is 0 Å². The summed E-state index contributed by atoms with van der Waals surface area (Å²) < 4.78 is 29.4. The predicted molar refractivity (Wildman–Crippen MR) is 193 cm³/mol. The van der Waals surface area contributed by atoms with Crippen LogP contribution in [0.2, 0.25) is 0 Å². The van der Waals surface area contributed by atoms with Crippen LogP contribution in [0, 0.1) is 17.8 Å². The van der Waals surface area contributed by atoms with E-state index in [0.717, 1.165) is 24.0 Å². The zero-order valence-electron chi connectivity index (χ0n) is 31.8. The third-order valence-electron chi connectivity index (χ3n) is 11.3. The molecular formula is C40H61NO11. The molecule has 12 heteroatoms. The molecule has 5 unspecified atom stereocenters. The number of carbonyl (C=O) groups is 4. The number of hydrogen-bond donors (Lipinski definition) is 2. The Hall–Kier alpha value is -2.74. The van der Waals surface area contributed by atoms with E-state index in [9.17, 15) is 29.4 Å². The van der Waals surface area contributed by atoms with Crippen molar-refractivity contribution >= 4 is 23.4 Å². The number of hydrogen-bond acceptors (Lipinski definition) is 11. The Morgan fingerprint density at radius 2 is 1.75 bits per heavy atom. The molecule has 0 aromatic heterocycles. The molecule has 3 fully saturated rings. The molecule has 4 aliphatic heterocycles. The fourth-order valence-electron chi connectivity index (χ4n) is 8.09. The fraction of sp³-hybridized carbons (Fsp3) is 0.750. The van der Waals surface area contributed by atoms with Crippen LogP contribution in [0.25, 0.3) is 0 Å². The summed E-state index contributed by atoms with van der Waals surface area (Å²) in [5.41, 5.74) is 1.71. The summed E-state index contributed by atoms with van der Waals surface area (Å²) in [6, 6.07) is -1.08. The van der Waals surface area contributed by atoms with Gasteiger partial charge in [0.15, 0.2) is 0 Å². The summed E-state index contributed by atoms with van der Waals surface area (Å²) in [4.78, 5) is 56.9. The Balaban J connectivity index is 1.72. The molecule has 2 bridgehead atoms. The minimum absolute atomic E-state index is 0.0162. The van der Waals surface area contributed by atoms with Gasteiger partial charge in [0, 0.05) is 58.7 Å². The van der Waals surface area contributed by atoms with Crippen LogP contribution in [0.3, 0.4) is 0 Å². The van der Waals surface area contributed by atoms with Crippen LogP contribution in [0.15, 0.2) is 36.0 Å². The van der Waals surface area contributed by atoms with Gasteiger partial charge < -0.3 is 38.8 Å². The Morgan fingerprint density at radius 1 is 1.04 bits per heavy atom. The number of piperidine rings is 1. The van der Waals surface area contributed by atoms with Crippen LogP contribution in [-0.4, -0.2) is 115 Å². The lowest BCUT2D eigenvalue weighted by Gasteiger charge is -2.46. The highest BCUT2D eigenvalue weighted by Crippen LogP contribution is 2.38. The van der Waals surface area contributed by atoms with E-state index in [0.29, 0.717) is 51.7 Å². The van der Waals surface area contributed by atoms with E-state index in [-0.39, 0.29) is 43.9 Å². The van der Waals surface area contributed by atoms with Gasteiger partial charge in [0.05, 0.1) is 18.3 Å². The first-order valence-corrected chi connectivity index (χ1v) is 19.1. The summed E-state index contributed by atoms with van der Waals surface area (Å²) in [7, 11) is 3.05. The molecule has 12 nitrogen and oxygen atoms in total. The van der Waals surface area contributed by atoms with E-state index in [1.807, 2.05) is 26.0 Å². The molecule has 1 amide bonds. The number of aliphatic hydroxyl groups is 2. The van der Waals surface area contributed by atoms with Crippen molar-refractivity contribution < 1.29 is 53.1 Å². The van der Waals surface area contributed by atoms with Crippen molar-refractivity contribution in [2.24, 2.45) is 17.8 Å². The number of carbonyl (C=O) groups excluding carboxylic acids is 4. The van der Waals surface area contributed by atoms with Gasteiger partial charge in [-0.3, -0.25) is 14.4 Å². The normalized spacial score (nSPS) is 36.9. The van der Waals surface area contributed by atoms with Crippen molar-refractivity contribution in [3.63, 3.8) is 0 Å². The number of rotatable bonds is 6. The molecule has 9 atom stereocenters. The summed E-state index contributed by atoms with van der Waals surface area (Å²) in [6.07, 6.45) is 7.03. The van der Waals surface area contributed by atoms with Gasteiger partial charge in [0.1, 0.15) is 24.0 Å². The number of fused-ring (bicyclic) bond motifs is 3. The number of ketones is 2. The van der Waals surface area contributed by atoms with Gasteiger partial charge >= 0.3 is 5.97 Å². The molecule has 4 rings (SSSR count). The van der Waals surface area contributed by atoms with Crippen LogP contribution >= 0.6 is 0 Å². The van der Waals surface area contributed by atoms with Gasteiger partial charge in [0.25, 0.3) is 11.7 Å². The van der Waals surface area contributed by atoms with Crippen LogP contribution in [0.1, 0.15) is 97.8 Å². The number of allylic oxidation sites excluding steroid dienone is 4. The van der Waals surface area contributed by atoms with Crippen molar-refractivity contribution in [1.29, 1.82) is 0 Å². The Labute approximate surface area is 308 Å². The monoisotopic (exact) mass is 731 g/mol. The molecule has 0 saturated carbocycles. The number of amides is 1. The van der Waals surface area contributed by atoms with Crippen molar-refractivity contribution in [1.82, 2.24) is 4.90 Å². The molecule has 3 saturated heterocycles. The SMILES string of the molecule is C=CCC1/C=C(\C)CCC[C@H](OC)C2OC(O)(C(=O)C(=O)N3CCCC[C@H]3C(=O)O[C@H](/C(C)=C/C3CCOCC3)C[C@@H](O)CC1=O)C(C)CC2OC. The lowest BCUT2D eigenvalue weighted by molar-refractivity contribution is -0.302. The first kappa shape index (κ1) is 42.0. The van der Waals surface area contributed by atoms with E-state index in [1.54, 1.807) is 13.0 Å². The van der Waals surface area contributed by atoms with Crippen molar-refractivity contribution in [3.05, 3.63) is 36.0 Å². The number of nitrogens with zero attached hydrogens (tertiary/aromatic N) is 1. The van der Waals surface area contributed by atoms with Crippen LogP contribution in [0.5, 0.6) is 0 Å². The minimum atomic E-state index is -2.47. The van der Waals surface area contributed by atoms with Crippen molar-refractivity contribution in [3.8, 4) is 0 Å². The maximum atomic E-state index is 14.1. The second-order valence-electron chi connectivity index (χ2n) is 15.2. The molecule has 4 aliphatic rings. The van der Waals surface area contributed by atoms with Crippen LogP contribution in [-0.2, 0) is 42.9 Å². The van der Waals surface area contributed by atoms with Gasteiger partial charge in [-0.05, 0) is 89.5 Å². The minimum Gasteiger partial charge on any atom is -0.456 e. The topological polar surface area (TPSA) is 158 Å². The van der Waals surface area contributed by atoms with E-state index < -0.39 is 71.8 Å². The molecule has 292 valence electrons. The zero-order chi connectivity index (χ0) is 38.0. The highest BCUT2D eigenvalue weighted by Gasteiger charge is 2.56. The number of ether oxygens (including phenoxy) is 5. The average Bonchev–Trinajstić information content (AvgIpc) is 3.13. The third kappa shape index (κ3) is 10.5. The summed E-state index contributed by atoms with van der Waals surface area (Å²) in [5, 5.41) is 23.2. The lowest BCUT2D eigenvalue weighted by atomic mass is 9.83. The fourth-order valence-corrected chi connectivity index (χ4v) is 8.09. The Morgan fingerprint density at radius 3 is 2.42 bits per heavy atom. The second kappa shape index (κ2) is 19.5. The molecular weight excluding hydrogens is 670 g/mol. The second-order valence-corrected chi connectivity index (χ2v) is 15.2. The number of aliphatic hydroxyl groups excluding tert-OH is 1. The quantitative estimate of drug-likeness (QED) is 0.227. The number of esters is 1. The smallest absolute Gasteiger partial charge is 0.329 e. The molecule has 52 heavy (non-hydrogen) atoms. The van der Waals surface area contributed by atoms with Crippen molar-refractivity contribution in [2.45, 2.75) is 140 Å². The molecule has 0 aliphatic carbocycles.